The van der Waals surface area contributed by atoms with Gasteiger partial charge in [0.05, 0.1) is 24.5 Å². The van der Waals surface area contributed by atoms with E-state index >= 15 is 4.39 Å². The van der Waals surface area contributed by atoms with Crippen molar-refractivity contribution in [3.8, 4) is 0 Å². The zero-order valence-corrected chi connectivity index (χ0v) is 22.5. The summed E-state index contributed by atoms with van der Waals surface area (Å²) in [5.41, 5.74) is 3.21. The number of carbonyl (C=O) groups excluding carboxylic acids is 2. The van der Waals surface area contributed by atoms with E-state index in [0.717, 1.165) is 32.7 Å². The molecule has 10 heteroatoms. The first-order valence-electron chi connectivity index (χ1n) is 13.7. The lowest BCUT2D eigenvalue weighted by Gasteiger charge is -2.38. The molecule has 0 aliphatic carbocycles. The zero-order valence-electron chi connectivity index (χ0n) is 22.5. The van der Waals surface area contributed by atoms with Crippen LogP contribution in [0.5, 0.6) is 0 Å². The summed E-state index contributed by atoms with van der Waals surface area (Å²) in [5.74, 6) is -0.287. The van der Waals surface area contributed by atoms with Crippen LogP contribution in [0.3, 0.4) is 0 Å². The third kappa shape index (κ3) is 7.13. The number of oxime groups is 1. The van der Waals surface area contributed by atoms with Gasteiger partial charge in [-0.2, -0.15) is 0 Å². The second-order valence-electron chi connectivity index (χ2n) is 10.5. The number of anilines is 1. The van der Waals surface area contributed by atoms with E-state index in [9.17, 15) is 9.59 Å². The van der Waals surface area contributed by atoms with Crippen LogP contribution >= 0.6 is 0 Å². The highest BCUT2D eigenvalue weighted by Gasteiger charge is 2.27. The summed E-state index contributed by atoms with van der Waals surface area (Å²) >= 11 is 0. The molecule has 2 saturated heterocycles. The van der Waals surface area contributed by atoms with Gasteiger partial charge in [0.15, 0.2) is 0 Å². The molecule has 3 aliphatic heterocycles. The van der Waals surface area contributed by atoms with Gasteiger partial charge in [0.2, 0.25) is 11.8 Å². The van der Waals surface area contributed by atoms with E-state index in [1.54, 1.807) is 6.07 Å². The van der Waals surface area contributed by atoms with Gasteiger partial charge in [0, 0.05) is 77.8 Å². The number of hydrogen-bond acceptors (Lipinski definition) is 7. The molecule has 0 aromatic heterocycles. The molecule has 208 valence electrons. The molecule has 0 saturated carbocycles. The van der Waals surface area contributed by atoms with Gasteiger partial charge in [-0.3, -0.25) is 19.4 Å². The van der Waals surface area contributed by atoms with Crippen LogP contribution in [-0.2, 0) is 21.0 Å². The molecule has 2 aromatic carbocycles. The van der Waals surface area contributed by atoms with E-state index in [1.165, 1.54) is 18.6 Å². The molecule has 1 atom stereocenters. The van der Waals surface area contributed by atoms with Crippen molar-refractivity contribution >= 4 is 23.2 Å². The van der Waals surface area contributed by atoms with Crippen molar-refractivity contribution in [1.29, 1.82) is 0 Å². The van der Waals surface area contributed by atoms with Gasteiger partial charge < -0.3 is 20.0 Å². The predicted molar refractivity (Wildman–Crippen MR) is 148 cm³/mol. The summed E-state index contributed by atoms with van der Waals surface area (Å²) < 4.78 is 15.1. The molecular formula is C29H37FN6O3. The predicted octanol–water partition coefficient (Wildman–Crippen LogP) is 1.92. The fraction of sp³-hybridized carbons (Fsp3) is 0.483. The fourth-order valence-corrected chi connectivity index (χ4v) is 5.34. The first-order chi connectivity index (χ1) is 18.9. The summed E-state index contributed by atoms with van der Waals surface area (Å²) in [7, 11) is 0. The van der Waals surface area contributed by atoms with Crippen LogP contribution in [0.25, 0.3) is 0 Å². The molecule has 3 aliphatic rings. The van der Waals surface area contributed by atoms with Crippen molar-refractivity contribution in [3.05, 3.63) is 65.5 Å². The first-order valence-corrected chi connectivity index (χ1v) is 13.7. The van der Waals surface area contributed by atoms with E-state index in [0.29, 0.717) is 62.7 Å². The lowest BCUT2D eigenvalue weighted by atomic mass is 10.0. The number of nitrogens with one attached hydrogen (secondary N) is 1. The minimum atomic E-state index is -0.311. The first kappa shape index (κ1) is 27.1. The Hall–Kier alpha value is -3.50. The maximum atomic E-state index is 15.1. The van der Waals surface area contributed by atoms with E-state index < -0.39 is 0 Å². The molecule has 2 fully saturated rings. The SMILES string of the molecule is CC(=O)NCC1CC(c2ccc(N3CCN(C(=O)CN4CCN(Cc5ccccc5)CC4)CC3)c(F)c2)=NO1. The molecule has 1 N–H and O–H groups in total. The average molecular weight is 537 g/mol. The summed E-state index contributed by atoms with van der Waals surface area (Å²) in [6.07, 6.45) is 0.275. The molecule has 2 amide bonds. The van der Waals surface area contributed by atoms with Gasteiger partial charge in [-0.05, 0) is 17.7 Å². The van der Waals surface area contributed by atoms with Gasteiger partial charge in [-0.15, -0.1) is 0 Å². The van der Waals surface area contributed by atoms with Crippen LogP contribution in [0.15, 0.2) is 53.7 Å². The van der Waals surface area contributed by atoms with Crippen LogP contribution < -0.4 is 10.2 Å². The average Bonchev–Trinajstić information content (AvgIpc) is 3.43. The van der Waals surface area contributed by atoms with Crippen LogP contribution in [0.2, 0.25) is 0 Å². The number of carbonyl (C=O) groups is 2. The van der Waals surface area contributed by atoms with Gasteiger partial charge in [0.1, 0.15) is 11.9 Å². The second kappa shape index (κ2) is 12.6. The van der Waals surface area contributed by atoms with Crippen LogP contribution in [0.4, 0.5) is 10.1 Å². The molecule has 39 heavy (non-hydrogen) atoms. The Balaban J connectivity index is 1.06. The third-order valence-electron chi connectivity index (χ3n) is 7.64. The Bertz CT molecular complexity index is 1180. The second-order valence-corrected chi connectivity index (χ2v) is 10.5. The lowest BCUT2D eigenvalue weighted by molar-refractivity contribution is -0.133. The number of piperazine rings is 2. The summed E-state index contributed by atoms with van der Waals surface area (Å²) in [6, 6.07) is 15.6. The molecule has 9 nitrogen and oxygen atoms in total. The fourth-order valence-electron chi connectivity index (χ4n) is 5.34. The summed E-state index contributed by atoms with van der Waals surface area (Å²) in [6.45, 7) is 9.26. The minimum Gasteiger partial charge on any atom is -0.390 e. The number of nitrogens with zero attached hydrogens (tertiary/aromatic N) is 5. The quantitative estimate of drug-likeness (QED) is 0.556. The largest absolute Gasteiger partial charge is 0.390 e. The molecule has 5 rings (SSSR count). The lowest BCUT2D eigenvalue weighted by Crippen LogP contribution is -2.53. The minimum absolute atomic E-state index is 0.124. The number of benzene rings is 2. The van der Waals surface area contributed by atoms with Crippen molar-refractivity contribution in [2.45, 2.75) is 26.0 Å². The number of rotatable bonds is 8. The Kier molecular flexibility index (Phi) is 8.73. The van der Waals surface area contributed by atoms with Crippen LogP contribution in [0, 0.1) is 5.82 Å². The molecule has 1 unspecified atom stereocenters. The summed E-state index contributed by atoms with van der Waals surface area (Å²) in [4.78, 5) is 38.0. The van der Waals surface area contributed by atoms with Crippen molar-refractivity contribution in [3.63, 3.8) is 0 Å². The smallest absolute Gasteiger partial charge is 0.236 e. The van der Waals surface area contributed by atoms with E-state index in [-0.39, 0.29) is 23.7 Å². The highest BCUT2D eigenvalue weighted by atomic mass is 19.1. The molecule has 0 radical (unpaired) electrons. The normalized spacial score (nSPS) is 20.5. The van der Waals surface area contributed by atoms with Gasteiger partial charge in [-0.1, -0.05) is 41.6 Å². The monoisotopic (exact) mass is 536 g/mol. The standard InChI is InChI=1S/C29H37FN6O3/c1-22(37)31-19-25-18-27(32-39-25)24-7-8-28(26(30)17-24)35-13-15-36(16-14-35)29(38)21-34-11-9-33(10-12-34)20-23-5-3-2-4-6-23/h2-8,17,25H,9-16,18-21H2,1H3,(H,31,37). The van der Waals surface area contributed by atoms with Crippen molar-refractivity contribution < 1.29 is 18.8 Å². The Morgan fingerprint density at radius 2 is 1.69 bits per heavy atom. The van der Waals surface area contributed by atoms with Crippen LogP contribution in [0.1, 0.15) is 24.5 Å². The van der Waals surface area contributed by atoms with Crippen LogP contribution in [-0.4, -0.2) is 104 Å². The Morgan fingerprint density at radius 3 is 2.38 bits per heavy atom. The third-order valence-corrected chi connectivity index (χ3v) is 7.64. The highest BCUT2D eigenvalue weighted by molar-refractivity contribution is 6.01. The van der Waals surface area contributed by atoms with Crippen molar-refractivity contribution in [1.82, 2.24) is 20.0 Å². The van der Waals surface area contributed by atoms with E-state index in [2.05, 4.69) is 44.5 Å². The zero-order chi connectivity index (χ0) is 27.2. The highest BCUT2D eigenvalue weighted by Crippen LogP contribution is 2.25. The van der Waals surface area contributed by atoms with Gasteiger partial charge >= 0.3 is 0 Å². The topological polar surface area (TPSA) is 80.7 Å². The van der Waals surface area contributed by atoms with Crippen molar-refractivity contribution in [2.75, 3.05) is 70.3 Å². The Labute approximate surface area is 229 Å². The van der Waals surface area contributed by atoms with E-state index in [1.807, 2.05) is 21.9 Å². The molecule has 3 heterocycles. The van der Waals surface area contributed by atoms with Gasteiger partial charge in [-0.25, -0.2) is 4.39 Å². The molecule has 0 spiro atoms. The number of amides is 2. The van der Waals surface area contributed by atoms with Gasteiger partial charge in [0.25, 0.3) is 0 Å². The number of hydrogen-bond donors (Lipinski definition) is 1. The van der Waals surface area contributed by atoms with Crippen molar-refractivity contribution in [2.24, 2.45) is 5.16 Å². The molecule has 0 bridgehead atoms. The Morgan fingerprint density at radius 1 is 0.974 bits per heavy atom. The maximum absolute atomic E-state index is 15.1. The summed E-state index contributed by atoms with van der Waals surface area (Å²) in [5, 5.41) is 6.80. The van der Waals surface area contributed by atoms with E-state index in [4.69, 9.17) is 4.84 Å². The molecular weight excluding hydrogens is 499 g/mol. The molecule has 2 aromatic rings. The maximum Gasteiger partial charge on any atom is 0.236 e. The number of halogens is 1.